The van der Waals surface area contributed by atoms with Crippen LogP contribution in [0.2, 0.25) is 0 Å². The third kappa shape index (κ3) is 3.54. The Balaban J connectivity index is 3.03. The molecule has 104 valence electrons. The second-order valence-electron chi connectivity index (χ2n) is 5.03. The van der Waals surface area contributed by atoms with Crippen molar-refractivity contribution in [3.8, 4) is 0 Å². The number of hydrogen-bond acceptors (Lipinski definition) is 3. The van der Waals surface area contributed by atoms with Crippen molar-refractivity contribution in [2.45, 2.75) is 33.7 Å². The van der Waals surface area contributed by atoms with E-state index in [9.17, 15) is 9.59 Å². The van der Waals surface area contributed by atoms with Crippen LogP contribution in [0.1, 0.15) is 35.3 Å². The van der Waals surface area contributed by atoms with Crippen molar-refractivity contribution in [2.75, 3.05) is 5.32 Å². The van der Waals surface area contributed by atoms with Crippen LogP contribution in [0.25, 0.3) is 0 Å². The Labute approximate surface area is 112 Å². The van der Waals surface area contributed by atoms with Gasteiger partial charge in [-0.15, -0.1) is 0 Å². The topological polar surface area (TPSA) is 92.4 Å². The molecule has 1 amide bonds. The van der Waals surface area contributed by atoms with Crippen LogP contribution >= 0.6 is 0 Å². The van der Waals surface area contributed by atoms with Crippen molar-refractivity contribution in [1.82, 2.24) is 0 Å². The lowest BCUT2D eigenvalue weighted by molar-refractivity contribution is -0.118. The number of benzene rings is 1. The van der Waals surface area contributed by atoms with Crippen LogP contribution in [0.5, 0.6) is 0 Å². The minimum atomic E-state index is -1.01. The largest absolute Gasteiger partial charge is 0.478 e. The van der Waals surface area contributed by atoms with Crippen LogP contribution in [0.15, 0.2) is 12.1 Å². The van der Waals surface area contributed by atoms with Gasteiger partial charge in [0.15, 0.2) is 0 Å². The Kier molecular flexibility index (Phi) is 4.67. The molecule has 0 saturated heterocycles. The van der Waals surface area contributed by atoms with Gasteiger partial charge in [0.25, 0.3) is 0 Å². The molecule has 0 radical (unpaired) electrons. The van der Waals surface area contributed by atoms with E-state index in [2.05, 4.69) is 5.32 Å². The summed E-state index contributed by atoms with van der Waals surface area (Å²) in [6, 6.07) is 2.58. The number of aromatic carboxylic acids is 1. The van der Waals surface area contributed by atoms with Gasteiger partial charge in [0.1, 0.15) is 0 Å². The molecule has 0 aromatic heterocycles. The minimum Gasteiger partial charge on any atom is -0.478 e. The lowest BCUT2D eigenvalue weighted by atomic mass is 10.0. The number of rotatable bonds is 4. The van der Waals surface area contributed by atoms with Crippen molar-refractivity contribution in [1.29, 1.82) is 0 Å². The summed E-state index contributed by atoms with van der Waals surface area (Å²) in [5.74, 6) is -1.30. The number of amides is 1. The lowest BCUT2D eigenvalue weighted by Gasteiger charge is -2.16. The smallest absolute Gasteiger partial charge is 0.336 e. The quantitative estimate of drug-likeness (QED) is 0.774. The maximum absolute atomic E-state index is 11.8. The first kappa shape index (κ1) is 15.2. The average Bonchev–Trinajstić information content (AvgIpc) is 2.31. The summed E-state index contributed by atoms with van der Waals surface area (Å²) in [6.07, 6.45) is 0. The third-order valence-electron chi connectivity index (χ3n) is 3.19. The van der Waals surface area contributed by atoms with Crippen LogP contribution in [0, 0.1) is 19.8 Å². The van der Waals surface area contributed by atoms with E-state index in [1.54, 1.807) is 19.9 Å². The fraction of sp³-hybridized carbons (Fsp3) is 0.429. The normalized spacial score (nSPS) is 12.3. The molecule has 0 aliphatic heterocycles. The highest BCUT2D eigenvalue weighted by molar-refractivity contribution is 5.97. The number of carbonyl (C=O) groups excluding carboxylic acids is 1. The number of aryl methyl sites for hydroxylation is 1. The number of anilines is 1. The number of carbonyl (C=O) groups is 2. The number of nitrogens with one attached hydrogen (secondary N) is 1. The van der Waals surface area contributed by atoms with E-state index in [0.717, 1.165) is 5.56 Å². The molecule has 0 aliphatic rings. The van der Waals surface area contributed by atoms with E-state index < -0.39 is 12.0 Å². The van der Waals surface area contributed by atoms with Gasteiger partial charge in [0.05, 0.1) is 11.6 Å². The molecule has 5 heteroatoms. The van der Waals surface area contributed by atoms with Gasteiger partial charge in [-0.05, 0) is 43.0 Å². The molecule has 19 heavy (non-hydrogen) atoms. The Bertz CT molecular complexity index is 510. The predicted octanol–water partition coefficient (Wildman–Crippen LogP) is 1.92. The van der Waals surface area contributed by atoms with Crippen LogP contribution < -0.4 is 11.1 Å². The molecule has 1 rings (SSSR count). The molecule has 1 aromatic rings. The summed E-state index contributed by atoms with van der Waals surface area (Å²) in [7, 11) is 0. The summed E-state index contributed by atoms with van der Waals surface area (Å²) in [5, 5.41) is 11.8. The Morgan fingerprint density at radius 3 is 2.32 bits per heavy atom. The number of nitrogens with two attached hydrogens (primary N) is 1. The van der Waals surface area contributed by atoms with E-state index in [1.807, 2.05) is 13.8 Å². The highest BCUT2D eigenvalue weighted by Crippen LogP contribution is 2.20. The molecule has 1 aromatic carbocycles. The van der Waals surface area contributed by atoms with E-state index in [1.165, 1.54) is 6.07 Å². The molecular formula is C14H20N2O3. The maximum atomic E-state index is 11.8. The molecule has 1 atom stereocenters. The molecule has 1 unspecified atom stereocenters. The van der Waals surface area contributed by atoms with E-state index in [4.69, 9.17) is 10.8 Å². The van der Waals surface area contributed by atoms with Crippen LogP contribution in [0.4, 0.5) is 5.69 Å². The van der Waals surface area contributed by atoms with Crippen molar-refractivity contribution >= 4 is 17.6 Å². The number of hydrogen-bond donors (Lipinski definition) is 3. The zero-order chi connectivity index (χ0) is 14.7. The van der Waals surface area contributed by atoms with Gasteiger partial charge in [-0.1, -0.05) is 13.8 Å². The number of carboxylic acid groups (broad SMARTS) is 1. The Morgan fingerprint density at radius 2 is 1.84 bits per heavy atom. The predicted molar refractivity (Wildman–Crippen MR) is 74.3 cm³/mol. The summed E-state index contributed by atoms with van der Waals surface area (Å²) in [5.41, 5.74) is 7.90. The highest BCUT2D eigenvalue weighted by Gasteiger charge is 2.18. The van der Waals surface area contributed by atoms with Crippen molar-refractivity contribution in [3.63, 3.8) is 0 Å². The van der Waals surface area contributed by atoms with E-state index >= 15 is 0 Å². The summed E-state index contributed by atoms with van der Waals surface area (Å²) >= 11 is 0. The molecule has 0 spiro atoms. The first-order chi connectivity index (χ1) is 8.73. The zero-order valence-electron chi connectivity index (χ0n) is 11.7. The van der Waals surface area contributed by atoms with Crippen molar-refractivity contribution in [2.24, 2.45) is 11.7 Å². The van der Waals surface area contributed by atoms with Gasteiger partial charge in [-0.25, -0.2) is 4.79 Å². The Morgan fingerprint density at radius 1 is 1.26 bits per heavy atom. The summed E-state index contributed by atoms with van der Waals surface area (Å²) < 4.78 is 0. The average molecular weight is 264 g/mol. The zero-order valence-corrected chi connectivity index (χ0v) is 11.7. The second kappa shape index (κ2) is 5.84. The molecular weight excluding hydrogens is 244 g/mol. The molecule has 0 bridgehead atoms. The monoisotopic (exact) mass is 264 g/mol. The standard InChI is InChI=1S/C14H20N2O3/c1-7(2)12(15)13(17)16-10-5-8(3)9(4)11(6-10)14(18)19/h5-7,12H,15H2,1-4H3,(H,16,17)(H,18,19). The van der Waals surface area contributed by atoms with Gasteiger partial charge in [0.2, 0.25) is 5.91 Å². The SMILES string of the molecule is Cc1cc(NC(=O)C(N)C(C)C)cc(C(=O)O)c1C. The highest BCUT2D eigenvalue weighted by atomic mass is 16.4. The van der Waals surface area contributed by atoms with E-state index in [-0.39, 0.29) is 17.4 Å². The van der Waals surface area contributed by atoms with Gasteiger partial charge in [-0.3, -0.25) is 4.79 Å². The lowest BCUT2D eigenvalue weighted by Crippen LogP contribution is -2.39. The maximum Gasteiger partial charge on any atom is 0.336 e. The van der Waals surface area contributed by atoms with Crippen LogP contribution in [-0.4, -0.2) is 23.0 Å². The molecule has 0 heterocycles. The van der Waals surface area contributed by atoms with E-state index in [0.29, 0.717) is 11.3 Å². The third-order valence-corrected chi connectivity index (χ3v) is 3.19. The first-order valence-corrected chi connectivity index (χ1v) is 6.15. The molecule has 5 nitrogen and oxygen atoms in total. The molecule has 4 N–H and O–H groups in total. The Hall–Kier alpha value is -1.88. The summed E-state index contributed by atoms with van der Waals surface area (Å²) in [6.45, 7) is 7.25. The van der Waals surface area contributed by atoms with Crippen molar-refractivity contribution < 1.29 is 14.7 Å². The molecule has 0 saturated carbocycles. The fourth-order valence-electron chi connectivity index (χ4n) is 1.68. The van der Waals surface area contributed by atoms with Crippen LogP contribution in [-0.2, 0) is 4.79 Å². The molecule has 0 fully saturated rings. The number of carboxylic acids is 1. The molecule has 0 aliphatic carbocycles. The van der Waals surface area contributed by atoms with Crippen molar-refractivity contribution in [3.05, 3.63) is 28.8 Å². The second-order valence-corrected chi connectivity index (χ2v) is 5.03. The van der Waals surface area contributed by atoms with Gasteiger partial charge >= 0.3 is 5.97 Å². The summed E-state index contributed by atoms with van der Waals surface area (Å²) in [4.78, 5) is 23.0. The first-order valence-electron chi connectivity index (χ1n) is 6.15. The van der Waals surface area contributed by atoms with Crippen LogP contribution in [0.3, 0.4) is 0 Å². The minimum absolute atomic E-state index is 0.0190. The van der Waals surface area contributed by atoms with Gasteiger partial charge < -0.3 is 16.2 Å². The van der Waals surface area contributed by atoms with Gasteiger partial charge in [-0.2, -0.15) is 0 Å². The fourth-order valence-corrected chi connectivity index (χ4v) is 1.68. The van der Waals surface area contributed by atoms with Gasteiger partial charge in [0, 0.05) is 5.69 Å².